The van der Waals surface area contributed by atoms with Gasteiger partial charge in [-0.2, -0.15) is 0 Å². The average molecular weight is 302 g/mol. The summed E-state index contributed by atoms with van der Waals surface area (Å²) in [7, 11) is 1.58. The van der Waals surface area contributed by atoms with Gasteiger partial charge in [0.05, 0.1) is 0 Å². The molecule has 16 heavy (non-hydrogen) atoms. The number of hydrogen-bond acceptors (Lipinski definition) is 3. The first-order valence-corrected chi connectivity index (χ1v) is 6.82. The van der Waals surface area contributed by atoms with Crippen molar-refractivity contribution in [1.82, 2.24) is 4.31 Å². The van der Waals surface area contributed by atoms with Gasteiger partial charge in [-0.1, -0.05) is 40.0 Å². The first-order valence-electron chi connectivity index (χ1n) is 4.84. The normalized spacial score (nSPS) is 24.4. The molecule has 0 aromatic heterocycles. The van der Waals surface area contributed by atoms with E-state index in [2.05, 4.69) is 15.9 Å². The first-order chi connectivity index (χ1) is 7.69. The van der Waals surface area contributed by atoms with E-state index < -0.39 is 0 Å². The summed E-state index contributed by atoms with van der Waals surface area (Å²) in [5, 5.41) is 0. The summed E-state index contributed by atoms with van der Waals surface area (Å²) in [5.74, 6) is 0.0444. The molecule has 5 heteroatoms. The van der Waals surface area contributed by atoms with Crippen molar-refractivity contribution >= 4 is 33.8 Å². The van der Waals surface area contributed by atoms with Crippen LogP contribution in [0.4, 0.5) is 0 Å². The number of rotatable bonds is 3. The Kier molecular flexibility index (Phi) is 3.56. The molecule has 86 valence electrons. The highest BCUT2D eigenvalue weighted by Crippen LogP contribution is 2.40. The molecule has 0 aliphatic carbocycles. The number of halogens is 1. The first kappa shape index (κ1) is 12.0. The van der Waals surface area contributed by atoms with E-state index in [0.29, 0.717) is 0 Å². The Morgan fingerprint density at radius 3 is 2.50 bits per heavy atom. The van der Waals surface area contributed by atoms with Gasteiger partial charge < -0.3 is 4.74 Å². The summed E-state index contributed by atoms with van der Waals surface area (Å²) >= 11 is 4.83. The van der Waals surface area contributed by atoms with Crippen molar-refractivity contribution in [3.05, 3.63) is 34.3 Å². The SMILES string of the molecule is CO[C@H]1C(=O)N(SC)[C@H]1c1ccc(Br)cc1. The lowest BCUT2D eigenvalue weighted by Gasteiger charge is -2.44. The summed E-state index contributed by atoms with van der Waals surface area (Å²) < 4.78 is 7.99. The Bertz CT molecular complexity index is 381. The maximum atomic E-state index is 11.6. The van der Waals surface area contributed by atoms with E-state index in [0.717, 1.165) is 10.0 Å². The van der Waals surface area contributed by atoms with Gasteiger partial charge in [-0.05, 0) is 17.7 Å². The molecule has 1 heterocycles. The molecule has 0 spiro atoms. The number of carbonyl (C=O) groups is 1. The van der Waals surface area contributed by atoms with Crippen molar-refractivity contribution in [2.24, 2.45) is 0 Å². The van der Waals surface area contributed by atoms with Gasteiger partial charge >= 0.3 is 0 Å². The highest BCUT2D eigenvalue weighted by molar-refractivity contribution is 9.10. The molecule has 1 aromatic rings. The van der Waals surface area contributed by atoms with Crippen molar-refractivity contribution in [2.75, 3.05) is 13.4 Å². The van der Waals surface area contributed by atoms with Crippen LogP contribution in [0.25, 0.3) is 0 Å². The van der Waals surface area contributed by atoms with E-state index >= 15 is 0 Å². The lowest BCUT2D eigenvalue weighted by molar-refractivity contribution is -0.158. The summed E-state index contributed by atoms with van der Waals surface area (Å²) in [6.07, 6.45) is 1.56. The van der Waals surface area contributed by atoms with Gasteiger partial charge in [-0.25, -0.2) is 0 Å². The maximum absolute atomic E-state index is 11.6. The summed E-state index contributed by atoms with van der Waals surface area (Å²) in [5.41, 5.74) is 1.10. The van der Waals surface area contributed by atoms with Crippen LogP contribution in [0.2, 0.25) is 0 Å². The average Bonchev–Trinajstić information content (AvgIpc) is 2.28. The van der Waals surface area contributed by atoms with Crippen molar-refractivity contribution in [3.8, 4) is 0 Å². The van der Waals surface area contributed by atoms with Crippen LogP contribution in [0.3, 0.4) is 0 Å². The number of methoxy groups -OCH3 is 1. The number of carbonyl (C=O) groups excluding carboxylic acids is 1. The number of β-lactam (4-membered cyclic amide) rings is 1. The predicted octanol–water partition coefficient (Wildman–Crippen LogP) is 2.63. The fourth-order valence-corrected chi connectivity index (χ4v) is 2.85. The van der Waals surface area contributed by atoms with Crippen molar-refractivity contribution in [2.45, 2.75) is 12.1 Å². The van der Waals surface area contributed by atoms with E-state index in [1.54, 1.807) is 11.4 Å². The fraction of sp³-hybridized carbons (Fsp3) is 0.364. The molecule has 0 bridgehead atoms. The number of benzene rings is 1. The van der Waals surface area contributed by atoms with Crippen LogP contribution in [-0.2, 0) is 9.53 Å². The maximum Gasteiger partial charge on any atom is 0.264 e. The van der Waals surface area contributed by atoms with Gasteiger partial charge in [-0.15, -0.1) is 0 Å². The molecule has 1 amide bonds. The second-order valence-corrected chi connectivity index (χ2v) is 5.17. The molecule has 1 saturated heterocycles. The van der Waals surface area contributed by atoms with Crippen LogP contribution in [-0.4, -0.2) is 29.7 Å². The Hall–Kier alpha value is -0.520. The van der Waals surface area contributed by atoms with E-state index in [1.165, 1.54) is 11.9 Å². The van der Waals surface area contributed by atoms with Crippen LogP contribution in [0.1, 0.15) is 11.6 Å². The standard InChI is InChI=1S/C11H12BrNO2S/c1-15-10-9(13(16-2)11(10)14)7-3-5-8(12)6-4-7/h3-6,9-10H,1-2H3/t9-,10+/m0/s1. The number of ether oxygens (including phenoxy) is 1. The zero-order valence-electron chi connectivity index (χ0n) is 9.01. The minimum absolute atomic E-state index is 0.0283. The van der Waals surface area contributed by atoms with E-state index in [1.807, 2.05) is 30.5 Å². The third kappa shape index (κ3) is 1.87. The molecule has 0 N–H and O–H groups in total. The summed E-state index contributed by atoms with van der Waals surface area (Å²) in [6, 6.07) is 8.00. The van der Waals surface area contributed by atoms with Crippen LogP contribution >= 0.6 is 27.9 Å². The molecule has 1 aliphatic rings. The molecule has 3 nitrogen and oxygen atoms in total. The minimum Gasteiger partial charge on any atom is -0.369 e. The lowest BCUT2D eigenvalue weighted by Crippen LogP contribution is -2.55. The third-order valence-corrected chi connectivity index (χ3v) is 3.99. The largest absolute Gasteiger partial charge is 0.369 e. The predicted molar refractivity (Wildman–Crippen MR) is 68.0 cm³/mol. The van der Waals surface area contributed by atoms with Gasteiger partial charge in [0.25, 0.3) is 5.91 Å². The Labute approximate surface area is 107 Å². The molecule has 2 rings (SSSR count). The van der Waals surface area contributed by atoms with Gasteiger partial charge in [-0.3, -0.25) is 9.10 Å². The van der Waals surface area contributed by atoms with Gasteiger partial charge in [0.15, 0.2) is 6.10 Å². The van der Waals surface area contributed by atoms with Gasteiger partial charge in [0.2, 0.25) is 0 Å². The number of hydrogen-bond donors (Lipinski definition) is 0. The molecule has 1 aromatic carbocycles. The highest BCUT2D eigenvalue weighted by atomic mass is 79.9. The molecule has 0 unspecified atom stereocenters. The molecule has 2 atom stereocenters. The Morgan fingerprint density at radius 2 is 2.00 bits per heavy atom. The van der Waals surface area contributed by atoms with Crippen LogP contribution < -0.4 is 0 Å². The molecule has 1 aliphatic heterocycles. The molecule has 0 radical (unpaired) electrons. The zero-order chi connectivity index (χ0) is 11.7. The second kappa shape index (κ2) is 4.77. The zero-order valence-corrected chi connectivity index (χ0v) is 11.4. The van der Waals surface area contributed by atoms with E-state index in [9.17, 15) is 4.79 Å². The van der Waals surface area contributed by atoms with Crippen molar-refractivity contribution in [1.29, 1.82) is 0 Å². The van der Waals surface area contributed by atoms with Crippen LogP contribution in [0.5, 0.6) is 0 Å². The van der Waals surface area contributed by atoms with E-state index in [-0.39, 0.29) is 18.1 Å². The number of nitrogens with zero attached hydrogens (tertiary/aromatic N) is 1. The monoisotopic (exact) mass is 301 g/mol. The van der Waals surface area contributed by atoms with Crippen LogP contribution in [0, 0.1) is 0 Å². The van der Waals surface area contributed by atoms with E-state index in [4.69, 9.17) is 4.74 Å². The molecular weight excluding hydrogens is 290 g/mol. The van der Waals surface area contributed by atoms with Crippen molar-refractivity contribution < 1.29 is 9.53 Å². The van der Waals surface area contributed by atoms with Gasteiger partial charge in [0.1, 0.15) is 6.04 Å². The minimum atomic E-state index is -0.339. The number of amides is 1. The lowest BCUT2D eigenvalue weighted by atomic mass is 9.94. The highest BCUT2D eigenvalue weighted by Gasteiger charge is 2.48. The summed E-state index contributed by atoms with van der Waals surface area (Å²) in [4.78, 5) is 11.6. The third-order valence-electron chi connectivity index (χ3n) is 2.66. The van der Waals surface area contributed by atoms with Crippen LogP contribution in [0.15, 0.2) is 28.7 Å². The van der Waals surface area contributed by atoms with Gasteiger partial charge in [0, 0.05) is 17.8 Å². The summed E-state index contributed by atoms with van der Waals surface area (Å²) in [6.45, 7) is 0. The molecule has 0 saturated carbocycles. The second-order valence-electron chi connectivity index (χ2n) is 3.50. The topological polar surface area (TPSA) is 29.5 Å². The Balaban J connectivity index is 2.25. The smallest absolute Gasteiger partial charge is 0.264 e. The Morgan fingerprint density at radius 1 is 1.38 bits per heavy atom. The fourth-order valence-electron chi connectivity index (χ4n) is 1.84. The molecule has 1 fully saturated rings. The molecular formula is C11H12BrNO2S. The quantitative estimate of drug-likeness (QED) is 0.635. The van der Waals surface area contributed by atoms with Crippen molar-refractivity contribution in [3.63, 3.8) is 0 Å².